The van der Waals surface area contributed by atoms with Gasteiger partial charge in [-0.2, -0.15) is 4.99 Å². The lowest BCUT2D eigenvalue weighted by Crippen LogP contribution is -2.23. The molecule has 158 valence electrons. The van der Waals surface area contributed by atoms with E-state index in [1.54, 1.807) is 25.1 Å². The van der Waals surface area contributed by atoms with Crippen molar-refractivity contribution in [1.29, 1.82) is 0 Å². The van der Waals surface area contributed by atoms with Gasteiger partial charge in [0.15, 0.2) is 21.8 Å². The predicted octanol–water partition coefficient (Wildman–Crippen LogP) is 3.39. The van der Waals surface area contributed by atoms with E-state index < -0.39 is 35.5 Å². The van der Waals surface area contributed by atoms with Crippen LogP contribution < -0.4 is 10.2 Å². The normalized spacial score (nSPS) is 11.9. The van der Waals surface area contributed by atoms with Gasteiger partial charge in [0.05, 0.1) is 22.2 Å². The number of rotatable bonds is 4. The zero-order valence-corrected chi connectivity index (χ0v) is 16.9. The van der Waals surface area contributed by atoms with Crippen LogP contribution in [0.5, 0.6) is 0 Å². The van der Waals surface area contributed by atoms with E-state index in [4.69, 9.17) is 9.15 Å². The van der Waals surface area contributed by atoms with Crippen molar-refractivity contribution < 1.29 is 27.5 Å². The molecule has 2 heterocycles. The summed E-state index contributed by atoms with van der Waals surface area (Å²) in [4.78, 5) is 40.8. The molecule has 0 aliphatic heterocycles. The number of benzene rings is 2. The molecule has 0 bridgehead atoms. The van der Waals surface area contributed by atoms with Crippen molar-refractivity contribution in [2.75, 3.05) is 6.61 Å². The van der Waals surface area contributed by atoms with Crippen molar-refractivity contribution in [3.63, 3.8) is 0 Å². The molecule has 0 N–H and O–H groups in total. The monoisotopic (exact) mass is 444 g/mol. The molecule has 0 atom stereocenters. The third kappa shape index (κ3) is 4.02. The van der Waals surface area contributed by atoms with Crippen LogP contribution in [0.15, 0.2) is 56.7 Å². The number of amides is 1. The van der Waals surface area contributed by atoms with E-state index in [1.165, 1.54) is 6.07 Å². The molecule has 2 aromatic heterocycles. The molecule has 0 fully saturated rings. The Kier molecular flexibility index (Phi) is 5.47. The Labute approximate surface area is 176 Å². The number of esters is 1. The van der Waals surface area contributed by atoms with Crippen LogP contribution in [-0.2, 0) is 16.1 Å². The number of halogens is 2. The predicted molar refractivity (Wildman–Crippen MR) is 109 cm³/mol. The number of ether oxygens (including phenoxy) is 1. The van der Waals surface area contributed by atoms with Gasteiger partial charge in [0, 0.05) is 12.1 Å². The molecule has 31 heavy (non-hydrogen) atoms. The van der Waals surface area contributed by atoms with E-state index >= 15 is 0 Å². The third-order valence-corrected chi connectivity index (χ3v) is 5.36. The van der Waals surface area contributed by atoms with Gasteiger partial charge < -0.3 is 13.7 Å². The van der Waals surface area contributed by atoms with Crippen LogP contribution in [0, 0.1) is 11.6 Å². The van der Waals surface area contributed by atoms with Gasteiger partial charge in [0.1, 0.15) is 17.9 Å². The lowest BCUT2D eigenvalue weighted by molar-refractivity contribution is -0.143. The smallest absolute Gasteiger partial charge is 0.326 e. The second kappa shape index (κ2) is 8.23. The standard InChI is InChI=1S/C21H14F2N2O5S/c1-2-29-18(27)10-25-19-13(23)7-11(22)8-17(19)31-21(25)24-20(28)16-9-14(26)12-5-3-4-6-15(12)30-16/h3-9H,2,10H2,1H3. The van der Waals surface area contributed by atoms with Crippen LogP contribution >= 0.6 is 11.3 Å². The first-order valence-electron chi connectivity index (χ1n) is 9.13. The molecule has 0 radical (unpaired) electrons. The molecular formula is C21H14F2N2O5S. The van der Waals surface area contributed by atoms with Crippen LogP contribution in [-0.4, -0.2) is 23.1 Å². The fraction of sp³-hybridized carbons (Fsp3) is 0.143. The van der Waals surface area contributed by atoms with Gasteiger partial charge >= 0.3 is 11.9 Å². The molecule has 0 spiro atoms. The van der Waals surface area contributed by atoms with Gasteiger partial charge in [-0.05, 0) is 25.1 Å². The van der Waals surface area contributed by atoms with Crippen molar-refractivity contribution in [3.05, 3.63) is 74.9 Å². The second-order valence-corrected chi connectivity index (χ2v) is 7.41. The van der Waals surface area contributed by atoms with E-state index in [0.29, 0.717) is 11.5 Å². The molecule has 0 aliphatic rings. The minimum Gasteiger partial charge on any atom is -0.465 e. The molecule has 4 rings (SSSR count). The summed E-state index contributed by atoms with van der Waals surface area (Å²) in [7, 11) is 0. The maximum Gasteiger partial charge on any atom is 0.326 e. The van der Waals surface area contributed by atoms with E-state index in [0.717, 1.165) is 28.0 Å². The molecule has 0 unspecified atom stereocenters. The zero-order chi connectivity index (χ0) is 22.1. The van der Waals surface area contributed by atoms with Gasteiger partial charge in [-0.15, -0.1) is 0 Å². The van der Waals surface area contributed by atoms with Crippen molar-refractivity contribution in [1.82, 2.24) is 4.57 Å². The minimum absolute atomic E-state index is 0.0756. The summed E-state index contributed by atoms with van der Waals surface area (Å²) in [5.74, 6) is -3.64. The van der Waals surface area contributed by atoms with Crippen LogP contribution in [0.25, 0.3) is 21.2 Å². The van der Waals surface area contributed by atoms with Crippen molar-refractivity contribution in [2.45, 2.75) is 13.5 Å². The van der Waals surface area contributed by atoms with E-state index in [2.05, 4.69) is 4.99 Å². The molecular weight excluding hydrogens is 430 g/mol. The number of carbonyl (C=O) groups is 2. The Balaban J connectivity index is 1.88. The van der Waals surface area contributed by atoms with E-state index in [-0.39, 0.29) is 33.0 Å². The number of fused-ring (bicyclic) bond motifs is 2. The van der Waals surface area contributed by atoms with Gasteiger partial charge in [-0.1, -0.05) is 23.5 Å². The summed E-state index contributed by atoms with van der Waals surface area (Å²) in [6.07, 6.45) is 0. The van der Waals surface area contributed by atoms with Crippen molar-refractivity contribution in [2.24, 2.45) is 4.99 Å². The number of hydrogen-bond acceptors (Lipinski definition) is 6. The topological polar surface area (TPSA) is 90.9 Å². The second-order valence-electron chi connectivity index (χ2n) is 6.40. The highest BCUT2D eigenvalue weighted by atomic mass is 32.1. The van der Waals surface area contributed by atoms with Gasteiger partial charge in [0.25, 0.3) is 0 Å². The Morgan fingerprint density at radius 3 is 2.74 bits per heavy atom. The molecule has 2 aromatic carbocycles. The van der Waals surface area contributed by atoms with E-state index in [1.807, 2.05) is 0 Å². The average molecular weight is 444 g/mol. The molecule has 10 heteroatoms. The first-order chi connectivity index (χ1) is 14.9. The Morgan fingerprint density at radius 1 is 1.19 bits per heavy atom. The highest BCUT2D eigenvalue weighted by molar-refractivity contribution is 7.16. The van der Waals surface area contributed by atoms with Crippen molar-refractivity contribution in [3.8, 4) is 0 Å². The number of para-hydroxylation sites is 1. The molecule has 1 amide bonds. The molecule has 0 saturated carbocycles. The minimum atomic E-state index is -0.915. The van der Waals surface area contributed by atoms with Crippen molar-refractivity contribution >= 4 is 44.4 Å². The fourth-order valence-electron chi connectivity index (χ4n) is 3.05. The van der Waals surface area contributed by atoms with Gasteiger partial charge in [0.2, 0.25) is 0 Å². The van der Waals surface area contributed by atoms with Gasteiger partial charge in [-0.25, -0.2) is 8.78 Å². The molecule has 0 aliphatic carbocycles. The number of carbonyl (C=O) groups excluding carboxylic acids is 2. The molecule has 0 saturated heterocycles. The lowest BCUT2D eigenvalue weighted by atomic mass is 10.2. The third-order valence-electron chi connectivity index (χ3n) is 4.33. The lowest BCUT2D eigenvalue weighted by Gasteiger charge is -2.06. The first kappa shape index (κ1) is 20.6. The Hall–Kier alpha value is -3.66. The first-order valence-corrected chi connectivity index (χ1v) is 9.95. The number of thiazole rings is 1. The van der Waals surface area contributed by atoms with E-state index in [9.17, 15) is 23.2 Å². The maximum absolute atomic E-state index is 14.5. The summed E-state index contributed by atoms with van der Waals surface area (Å²) in [5.41, 5.74) is -0.312. The summed E-state index contributed by atoms with van der Waals surface area (Å²) < 4.78 is 39.8. The van der Waals surface area contributed by atoms with Crippen LogP contribution in [0.3, 0.4) is 0 Å². The maximum atomic E-state index is 14.5. The largest absolute Gasteiger partial charge is 0.465 e. The number of nitrogens with zero attached hydrogens (tertiary/aromatic N) is 2. The molecule has 4 aromatic rings. The highest BCUT2D eigenvalue weighted by Gasteiger charge is 2.18. The van der Waals surface area contributed by atoms with Crippen LogP contribution in [0.1, 0.15) is 17.5 Å². The summed E-state index contributed by atoms with van der Waals surface area (Å²) >= 11 is 0.811. The fourth-order valence-corrected chi connectivity index (χ4v) is 4.12. The Morgan fingerprint density at radius 2 is 1.97 bits per heavy atom. The molecule has 7 nitrogen and oxygen atoms in total. The SMILES string of the molecule is CCOC(=O)Cn1c(=NC(=O)c2cc(=O)c3ccccc3o2)sc2cc(F)cc(F)c21. The quantitative estimate of drug-likeness (QED) is 0.450. The number of aromatic nitrogens is 1. The highest BCUT2D eigenvalue weighted by Crippen LogP contribution is 2.22. The summed E-state index contributed by atoms with van der Waals surface area (Å²) in [5, 5.41) is 0.302. The van der Waals surface area contributed by atoms with Crippen LogP contribution in [0.2, 0.25) is 0 Å². The zero-order valence-electron chi connectivity index (χ0n) is 16.1. The van der Waals surface area contributed by atoms with Crippen LogP contribution in [0.4, 0.5) is 8.78 Å². The Bertz CT molecular complexity index is 1470. The number of hydrogen-bond donors (Lipinski definition) is 0. The summed E-state index contributed by atoms with van der Waals surface area (Å²) in [6, 6.07) is 9.16. The summed E-state index contributed by atoms with van der Waals surface area (Å²) in [6.45, 7) is 1.28. The average Bonchev–Trinajstić information content (AvgIpc) is 3.04. The van der Waals surface area contributed by atoms with Gasteiger partial charge in [-0.3, -0.25) is 14.4 Å².